The number of amides is 2. The predicted molar refractivity (Wildman–Crippen MR) is 93.7 cm³/mol. The van der Waals surface area contributed by atoms with Gasteiger partial charge in [-0.25, -0.2) is 0 Å². The molecule has 128 valence electrons. The van der Waals surface area contributed by atoms with Gasteiger partial charge in [0.25, 0.3) is 5.91 Å². The lowest BCUT2D eigenvalue weighted by molar-refractivity contribution is -0.117. The van der Waals surface area contributed by atoms with E-state index in [1.54, 1.807) is 29.0 Å². The minimum atomic E-state index is -0.193. The molecule has 0 unspecified atom stereocenters. The van der Waals surface area contributed by atoms with Crippen molar-refractivity contribution in [2.75, 3.05) is 11.9 Å². The highest BCUT2D eigenvalue weighted by Gasteiger charge is 2.23. The molecule has 2 aromatic rings. The highest BCUT2D eigenvalue weighted by molar-refractivity contribution is 5.95. The summed E-state index contributed by atoms with van der Waals surface area (Å²) in [4.78, 5) is 26.6. The van der Waals surface area contributed by atoms with Crippen LogP contribution in [-0.4, -0.2) is 39.1 Å². The van der Waals surface area contributed by atoms with Crippen molar-refractivity contribution >= 4 is 17.5 Å². The minimum Gasteiger partial charge on any atom is -0.335 e. The van der Waals surface area contributed by atoms with Crippen LogP contribution in [0.5, 0.6) is 0 Å². The van der Waals surface area contributed by atoms with Gasteiger partial charge in [-0.2, -0.15) is 5.10 Å². The van der Waals surface area contributed by atoms with Crippen LogP contribution in [0.4, 0.5) is 5.69 Å². The van der Waals surface area contributed by atoms with Gasteiger partial charge in [-0.1, -0.05) is 25.1 Å². The molecule has 1 heterocycles. The van der Waals surface area contributed by atoms with Gasteiger partial charge in [0.05, 0.1) is 11.8 Å². The molecule has 6 heteroatoms. The number of aryl methyl sites for hydroxylation is 1. The number of nitrogens with zero attached hydrogens (tertiary/aromatic N) is 3. The van der Waals surface area contributed by atoms with E-state index in [0.29, 0.717) is 12.1 Å². The van der Waals surface area contributed by atoms with E-state index in [1.165, 1.54) is 0 Å². The van der Waals surface area contributed by atoms with Crippen molar-refractivity contribution in [3.05, 3.63) is 48.3 Å². The molecular formula is C18H24N4O2. The van der Waals surface area contributed by atoms with Crippen molar-refractivity contribution in [2.24, 2.45) is 7.05 Å². The Bertz CT molecular complexity index is 681. The Hall–Kier alpha value is -2.63. The fraction of sp³-hybridized carbons (Fsp3) is 0.389. The summed E-state index contributed by atoms with van der Waals surface area (Å²) >= 11 is 0. The summed E-state index contributed by atoms with van der Waals surface area (Å²) in [5, 5.41) is 6.91. The molecule has 2 amide bonds. The monoisotopic (exact) mass is 328 g/mol. The Labute approximate surface area is 142 Å². The van der Waals surface area contributed by atoms with E-state index >= 15 is 0 Å². The number of carbonyl (C=O) groups excluding carboxylic acids is 2. The van der Waals surface area contributed by atoms with Gasteiger partial charge in [0.2, 0.25) is 5.91 Å². The molecule has 24 heavy (non-hydrogen) atoms. The van der Waals surface area contributed by atoms with Gasteiger partial charge < -0.3 is 10.2 Å². The molecule has 0 fully saturated rings. The number of hydrogen-bond donors (Lipinski definition) is 1. The summed E-state index contributed by atoms with van der Waals surface area (Å²) in [6, 6.07) is 9.12. The van der Waals surface area contributed by atoms with E-state index < -0.39 is 0 Å². The number of anilines is 1. The number of benzene rings is 1. The normalized spacial score (nSPS) is 11.8. The van der Waals surface area contributed by atoms with Gasteiger partial charge >= 0.3 is 0 Å². The van der Waals surface area contributed by atoms with Crippen LogP contribution in [-0.2, 0) is 11.8 Å². The lowest BCUT2D eigenvalue weighted by Crippen LogP contribution is -2.41. The molecule has 0 aliphatic rings. The minimum absolute atomic E-state index is 0.0926. The highest BCUT2D eigenvalue weighted by atomic mass is 16.2. The maximum Gasteiger partial charge on any atom is 0.257 e. The van der Waals surface area contributed by atoms with Crippen molar-refractivity contribution in [3.8, 4) is 0 Å². The van der Waals surface area contributed by atoms with E-state index in [0.717, 1.165) is 12.1 Å². The predicted octanol–water partition coefficient (Wildman–Crippen LogP) is 2.69. The van der Waals surface area contributed by atoms with E-state index in [2.05, 4.69) is 10.4 Å². The standard InChI is InChI=1S/C18H24N4O2/c1-4-10-22(18(24)15-12-19-21(3)13-15)14(2)11-17(23)20-16-8-6-5-7-9-16/h5-9,12-14H,4,10-11H2,1-3H3,(H,20,23)/t14-/m0/s1. The van der Waals surface area contributed by atoms with Crippen molar-refractivity contribution in [1.82, 2.24) is 14.7 Å². The van der Waals surface area contributed by atoms with E-state index in [9.17, 15) is 9.59 Å². The first kappa shape index (κ1) is 17.7. The molecule has 0 spiro atoms. The molecule has 0 aliphatic heterocycles. The molecule has 2 rings (SSSR count). The van der Waals surface area contributed by atoms with Crippen LogP contribution in [0.25, 0.3) is 0 Å². The molecule has 0 bridgehead atoms. The number of nitrogens with one attached hydrogen (secondary N) is 1. The molecule has 6 nitrogen and oxygen atoms in total. The zero-order chi connectivity index (χ0) is 17.5. The molecule has 0 saturated heterocycles. The molecule has 1 aromatic heterocycles. The summed E-state index contributed by atoms with van der Waals surface area (Å²) in [5.74, 6) is -0.196. The third-order valence-electron chi connectivity index (χ3n) is 3.75. The average molecular weight is 328 g/mol. The first-order valence-electron chi connectivity index (χ1n) is 8.15. The molecule has 1 atom stereocenters. The van der Waals surface area contributed by atoms with E-state index in [1.807, 2.05) is 44.2 Å². The zero-order valence-corrected chi connectivity index (χ0v) is 14.4. The number of rotatable bonds is 7. The molecular weight excluding hydrogens is 304 g/mol. The average Bonchev–Trinajstić information content (AvgIpc) is 2.99. The number of para-hydroxylation sites is 1. The lowest BCUT2D eigenvalue weighted by atomic mass is 10.1. The summed E-state index contributed by atoms with van der Waals surface area (Å²) in [6.45, 7) is 4.52. The molecule has 0 radical (unpaired) electrons. The fourth-order valence-electron chi connectivity index (χ4n) is 2.57. The Balaban J connectivity index is 2.01. The maximum atomic E-state index is 12.7. The molecule has 1 aromatic carbocycles. The fourth-order valence-corrected chi connectivity index (χ4v) is 2.57. The van der Waals surface area contributed by atoms with Crippen molar-refractivity contribution in [3.63, 3.8) is 0 Å². The second-order valence-corrected chi connectivity index (χ2v) is 5.87. The van der Waals surface area contributed by atoms with Crippen LogP contribution in [0, 0.1) is 0 Å². The highest BCUT2D eigenvalue weighted by Crippen LogP contribution is 2.13. The van der Waals surface area contributed by atoms with Gasteiger partial charge in [-0.05, 0) is 25.5 Å². The Morgan fingerprint density at radius 3 is 2.58 bits per heavy atom. The zero-order valence-electron chi connectivity index (χ0n) is 14.4. The van der Waals surface area contributed by atoms with Crippen LogP contribution in [0.1, 0.15) is 37.0 Å². The van der Waals surface area contributed by atoms with Crippen molar-refractivity contribution < 1.29 is 9.59 Å². The Morgan fingerprint density at radius 2 is 2.00 bits per heavy atom. The summed E-state index contributed by atoms with van der Waals surface area (Å²) in [6.07, 6.45) is 4.33. The van der Waals surface area contributed by atoms with E-state index in [-0.39, 0.29) is 24.3 Å². The van der Waals surface area contributed by atoms with Crippen LogP contribution >= 0.6 is 0 Å². The Morgan fingerprint density at radius 1 is 1.29 bits per heavy atom. The topological polar surface area (TPSA) is 67.2 Å². The summed E-state index contributed by atoms with van der Waals surface area (Å²) in [5.41, 5.74) is 1.30. The molecule has 0 aliphatic carbocycles. The van der Waals surface area contributed by atoms with Gasteiger partial charge in [0, 0.05) is 37.9 Å². The quantitative estimate of drug-likeness (QED) is 0.850. The number of carbonyl (C=O) groups is 2. The molecule has 0 saturated carbocycles. The second kappa shape index (κ2) is 8.29. The first-order chi connectivity index (χ1) is 11.5. The van der Waals surface area contributed by atoms with Crippen LogP contribution < -0.4 is 5.32 Å². The maximum absolute atomic E-state index is 12.7. The Kier molecular flexibility index (Phi) is 6.12. The van der Waals surface area contributed by atoms with Gasteiger partial charge in [-0.15, -0.1) is 0 Å². The van der Waals surface area contributed by atoms with E-state index in [4.69, 9.17) is 0 Å². The lowest BCUT2D eigenvalue weighted by Gasteiger charge is -2.28. The number of aromatic nitrogens is 2. The van der Waals surface area contributed by atoms with Crippen molar-refractivity contribution in [1.29, 1.82) is 0 Å². The first-order valence-corrected chi connectivity index (χ1v) is 8.15. The van der Waals surface area contributed by atoms with Gasteiger partial charge in [-0.3, -0.25) is 14.3 Å². The summed E-state index contributed by atoms with van der Waals surface area (Å²) in [7, 11) is 1.78. The third-order valence-corrected chi connectivity index (χ3v) is 3.75. The van der Waals surface area contributed by atoms with Crippen LogP contribution in [0.15, 0.2) is 42.7 Å². The smallest absolute Gasteiger partial charge is 0.257 e. The largest absolute Gasteiger partial charge is 0.335 e. The number of hydrogen-bond acceptors (Lipinski definition) is 3. The van der Waals surface area contributed by atoms with Crippen LogP contribution in [0.3, 0.4) is 0 Å². The van der Waals surface area contributed by atoms with Gasteiger partial charge in [0.1, 0.15) is 0 Å². The SMILES string of the molecule is CCCN(C(=O)c1cnn(C)c1)[C@@H](C)CC(=O)Nc1ccccc1. The van der Waals surface area contributed by atoms with Gasteiger partial charge in [0.15, 0.2) is 0 Å². The second-order valence-electron chi connectivity index (χ2n) is 5.87. The third kappa shape index (κ3) is 4.68. The summed E-state index contributed by atoms with van der Waals surface area (Å²) < 4.78 is 1.60. The van der Waals surface area contributed by atoms with Crippen molar-refractivity contribution in [2.45, 2.75) is 32.7 Å². The van der Waals surface area contributed by atoms with Crippen LogP contribution in [0.2, 0.25) is 0 Å². The molecule has 1 N–H and O–H groups in total.